The van der Waals surface area contributed by atoms with Crippen molar-refractivity contribution in [1.82, 2.24) is 4.90 Å². The molecule has 1 saturated heterocycles. The number of imide groups is 1. The minimum absolute atomic E-state index is 0.0115. The van der Waals surface area contributed by atoms with Gasteiger partial charge in [-0.15, -0.1) is 0 Å². The number of rotatable bonds is 9. The summed E-state index contributed by atoms with van der Waals surface area (Å²) >= 11 is 0.463. The predicted molar refractivity (Wildman–Crippen MR) is 143 cm³/mol. The number of nitro benzene ring substituents is 1. The van der Waals surface area contributed by atoms with E-state index in [2.05, 4.69) is 0 Å². The Balaban J connectivity index is 1.53. The molecule has 1 fully saturated rings. The highest BCUT2D eigenvalue weighted by Gasteiger charge is 2.37. The summed E-state index contributed by atoms with van der Waals surface area (Å²) in [4.78, 5) is 48.4. The summed E-state index contributed by atoms with van der Waals surface area (Å²) in [6.45, 7) is 0.794. The number of hydrogen-bond donors (Lipinski definition) is 1. The van der Waals surface area contributed by atoms with Gasteiger partial charge in [0.05, 0.1) is 27.7 Å². The Bertz CT molecular complexity index is 1710. The number of halogens is 6. The second-order valence-corrected chi connectivity index (χ2v) is 9.71. The molecule has 17 heteroatoms. The van der Waals surface area contributed by atoms with Gasteiger partial charge in [0.1, 0.15) is 6.54 Å². The van der Waals surface area contributed by atoms with Gasteiger partial charge in [-0.25, -0.2) is 13.2 Å². The first-order valence-corrected chi connectivity index (χ1v) is 13.0. The lowest BCUT2D eigenvalue weighted by atomic mass is 10.1. The van der Waals surface area contributed by atoms with Crippen molar-refractivity contribution in [2.24, 2.45) is 0 Å². The van der Waals surface area contributed by atoms with Crippen molar-refractivity contribution in [3.8, 4) is 17.2 Å². The van der Waals surface area contributed by atoms with E-state index in [1.165, 1.54) is 24.3 Å². The minimum atomic E-state index is -4.83. The van der Waals surface area contributed by atoms with E-state index in [4.69, 9.17) is 9.47 Å². The van der Waals surface area contributed by atoms with E-state index in [-0.39, 0.29) is 28.6 Å². The number of carbonyl (C=O) groups excluding carboxylic acids is 3. The first-order chi connectivity index (χ1) is 20.7. The maximum Gasteiger partial charge on any atom is 0.416 e. The molecular weight excluding hydrogens is 624 g/mol. The van der Waals surface area contributed by atoms with E-state index in [9.17, 15) is 50.8 Å². The van der Waals surface area contributed by atoms with Crippen LogP contribution >= 0.6 is 11.8 Å². The van der Waals surface area contributed by atoms with Gasteiger partial charge in [0.25, 0.3) is 11.1 Å². The highest BCUT2D eigenvalue weighted by Crippen LogP contribution is 2.41. The number of nitrogens with one attached hydrogen (secondary N) is 1. The lowest BCUT2D eigenvalue weighted by molar-refractivity contribution is -0.385. The van der Waals surface area contributed by atoms with Gasteiger partial charge in [-0.05, 0) is 66.7 Å². The number of nitro groups is 1. The van der Waals surface area contributed by atoms with E-state index >= 15 is 0 Å². The first kappa shape index (κ1) is 31.9. The normalized spacial score (nSPS) is 14.2. The zero-order valence-electron chi connectivity index (χ0n) is 22.0. The van der Waals surface area contributed by atoms with Crippen molar-refractivity contribution in [3.05, 3.63) is 92.1 Å². The predicted octanol–water partition coefficient (Wildman–Crippen LogP) is 6.90. The standard InChI is InChI=1S/C27H17F6N3O7S/c1-2-42-20-9-13(3-7-19(20)43-18-8-4-14(27(31,32)33)11-17(18)36(40)41)10-21-25(38)35(26(39)44-21)12-22(37)34-16-6-5-15(28)23(29)24(16)30/h3-11H,2,12H2,1H3,(H,34,37)/b21-10+. The van der Waals surface area contributed by atoms with Crippen LogP contribution in [0.15, 0.2) is 53.4 Å². The smallest absolute Gasteiger partial charge is 0.416 e. The largest absolute Gasteiger partial charge is 0.490 e. The number of ether oxygens (including phenoxy) is 2. The number of benzene rings is 3. The quantitative estimate of drug-likeness (QED) is 0.0879. The topological polar surface area (TPSA) is 128 Å². The maximum absolute atomic E-state index is 13.9. The van der Waals surface area contributed by atoms with Gasteiger partial charge >= 0.3 is 11.9 Å². The molecule has 0 radical (unpaired) electrons. The lowest BCUT2D eigenvalue weighted by Gasteiger charge is -2.14. The molecule has 1 N–H and O–H groups in total. The maximum atomic E-state index is 13.9. The number of thioether (sulfide) groups is 1. The third kappa shape index (κ3) is 6.94. The van der Waals surface area contributed by atoms with Crippen LogP contribution < -0.4 is 14.8 Å². The summed E-state index contributed by atoms with van der Waals surface area (Å²) in [5.41, 5.74) is -2.64. The van der Waals surface area contributed by atoms with E-state index in [1.807, 2.05) is 5.32 Å². The van der Waals surface area contributed by atoms with Crippen LogP contribution in [0.3, 0.4) is 0 Å². The van der Waals surface area contributed by atoms with E-state index in [1.54, 1.807) is 6.92 Å². The van der Waals surface area contributed by atoms with E-state index in [0.717, 1.165) is 12.1 Å². The summed E-state index contributed by atoms with van der Waals surface area (Å²) in [5.74, 6) is -7.57. The van der Waals surface area contributed by atoms with Crippen molar-refractivity contribution >= 4 is 46.3 Å². The number of nitrogens with zero attached hydrogens (tertiary/aromatic N) is 2. The number of anilines is 1. The molecule has 0 aromatic heterocycles. The third-order valence-electron chi connectivity index (χ3n) is 5.75. The van der Waals surface area contributed by atoms with Crippen LogP contribution in [0, 0.1) is 27.6 Å². The fourth-order valence-electron chi connectivity index (χ4n) is 3.75. The molecule has 0 bridgehead atoms. The molecule has 3 aromatic carbocycles. The average Bonchev–Trinajstić information content (AvgIpc) is 3.21. The van der Waals surface area contributed by atoms with Gasteiger partial charge in [-0.2, -0.15) is 13.2 Å². The first-order valence-electron chi connectivity index (χ1n) is 12.2. The molecule has 0 atom stereocenters. The molecule has 0 unspecified atom stereocenters. The number of amides is 3. The van der Waals surface area contributed by atoms with Gasteiger partial charge in [-0.3, -0.25) is 29.4 Å². The molecule has 0 saturated carbocycles. The molecule has 0 aliphatic carbocycles. The van der Waals surface area contributed by atoms with Crippen LogP contribution in [0.2, 0.25) is 0 Å². The minimum Gasteiger partial charge on any atom is -0.490 e. The summed E-state index contributed by atoms with van der Waals surface area (Å²) < 4.78 is 90.5. The molecule has 1 aliphatic rings. The number of carbonyl (C=O) groups is 3. The Hall–Kier alpha value is -5.06. The van der Waals surface area contributed by atoms with Crippen molar-refractivity contribution in [1.29, 1.82) is 0 Å². The zero-order chi connectivity index (χ0) is 32.3. The Morgan fingerprint density at radius 2 is 1.73 bits per heavy atom. The Morgan fingerprint density at radius 1 is 1.02 bits per heavy atom. The van der Waals surface area contributed by atoms with Gasteiger partial charge < -0.3 is 14.8 Å². The number of alkyl halides is 3. The van der Waals surface area contributed by atoms with Crippen LogP contribution in [0.1, 0.15) is 18.1 Å². The molecule has 1 aliphatic heterocycles. The second-order valence-electron chi connectivity index (χ2n) is 8.72. The fraction of sp³-hybridized carbons (Fsp3) is 0.148. The molecule has 1 heterocycles. The summed E-state index contributed by atoms with van der Waals surface area (Å²) in [7, 11) is 0. The molecule has 10 nitrogen and oxygen atoms in total. The molecule has 230 valence electrons. The lowest BCUT2D eigenvalue weighted by Crippen LogP contribution is -2.36. The van der Waals surface area contributed by atoms with E-state index in [0.29, 0.717) is 34.9 Å². The van der Waals surface area contributed by atoms with Gasteiger partial charge in [0.2, 0.25) is 11.7 Å². The van der Waals surface area contributed by atoms with Crippen molar-refractivity contribution in [3.63, 3.8) is 0 Å². The third-order valence-corrected chi connectivity index (χ3v) is 6.66. The Kier molecular flexibility index (Phi) is 9.17. The molecule has 44 heavy (non-hydrogen) atoms. The van der Waals surface area contributed by atoms with Crippen LogP contribution in [0.4, 0.5) is 42.5 Å². The van der Waals surface area contributed by atoms with Crippen LogP contribution in [-0.2, 0) is 15.8 Å². The highest BCUT2D eigenvalue weighted by molar-refractivity contribution is 8.18. The van der Waals surface area contributed by atoms with Crippen molar-refractivity contribution in [2.75, 3.05) is 18.5 Å². The second kappa shape index (κ2) is 12.7. The summed E-state index contributed by atoms with van der Waals surface area (Å²) in [6, 6.07) is 7.04. The molecule has 3 amide bonds. The van der Waals surface area contributed by atoms with Crippen LogP contribution in [-0.4, -0.2) is 40.0 Å². The SMILES string of the molecule is CCOc1cc(/C=C2/SC(=O)N(CC(=O)Nc3ccc(F)c(F)c3F)C2=O)ccc1Oc1ccc(C(F)(F)F)cc1[N+](=O)[O-]. The van der Waals surface area contributed by atoms with E-state index < -0.39 is 74.8 Å². The van der Waals surface area contributed by atoms with Gasteiger partial charge in [0, 0.05) is 6.07 Å². The summed E-state index contributed by atoms with van der Waals surface area (Å²) in [6.07, 6.45) is -3.57. The molecule has 3 aromatic rings. The van der Waals surface area contributed by atoms with Gasteiger partial charge in [-0.1, -0.05) is 6.07 Å². The fourth-order valence-corrected chi connectivity index (χ4v) is 4.59. The Labute approximate surface area is 247 Å². The average molecular weight is 642 g/mol. The highest BCUT2D eigenvalue weighted by atomic mass is 32.2. The van der Waals surface area contributed by atoms with Gasteiger partial charge in [0.15, 0.2) is 29.0 Å². The monoisotopic (exact) mass is 641 g/mol. The zero-order valence-corrected chi connectivity index (χ0v) is 22.9. The molecule has 4 rings (SSSR count). The van der Waals surface area contributed by atoms with Crippen LogP contribution in [0.25, 0.3) is 6.08 Å². The van der Waals surface area contributed by atoms with Crippen molar-refractivity contribution < 1.29 is 55.1 Å². The Morgan fingerprint density at radius 3 is 2.39 bits per heavy atom. The number of hydrogen-bond acceptors (Lipinski definition) is 8. The molecular formula is C27H17F6N3O7S. The summed E-state index contributed by atoms with van der Waals surface area (Å²) in [5, 5.41) is 12.5. The van der Waals surface area contributed by atoms with Crippen LogP contribution in [0.5, 0.6) is 17.2 Å². The molecule has 0 spiro atoms. The van der Waals surface area contributed by atoms with Crippen molar-refractivity contribution in [2.45, 2.75) is 13.1 Å².